The summed E-state index contributed by atoms with van der Waals surface area (Å²) in [6, 6.07) is 0.294. The maximum atomic E-state index is 12.0. The van der Waals surface area contributed by atoms with E-state index in [1.807, 2.05) is 4.90 Å². The number of alkyl halides is 1. The summed E-state index contributed by atoms with van der Waals surface area (Å²) in [7, 11) is 0. The zero-order valence-corrected chi connectivity index (χ0v) is 9.90. The Morgan fingerprint density at radius 1 is 1.67 bits per heavy atom. The number of halogens is 1. The van der Waals surface area contributed by atoms with E-state index in [-0.39, 0.29) is 5.91 Å². The van der Waals surface area contributed by atoms with Gasteiger partial charge in [-0.25, -0.2) is 0 Å². The molecule has 1 amide bonds. The minimum absolute atomic E-state index is 0.0205. The molecule has 1 fully saturated rings. The first-order valence-corrected chi connectivity index (χ1v) is 6.18. The van der Waals surface area contributed by atoms with Crippen LogP contribution in [0.5, 0.6) is 0 Å². The number of nitrogens with zero attached hydrogens (tertiary/aromatic N) is 3. The lowest BCUT2D eigenvalue weighted by Gasteiger charge is -2.34. The van der Waals surface area contributed by atoms with Crippen molar-refractivity contribution in [2.24, 2.45) is 0 Å². The van der Waals surface area contributed by atoms with Gasteiger partial charge < -0.3 is 4.90 Å². The average Bonchev–Trinajstić information content (AvgIpc) is 2.81. The summed E-state index contributed by atoms with van der Waals surface area (Å²) in [6.07, 6.45) is 4.81. The molecule has 0 aromatic carbocycles. The highest BCUT2D eigenvalue weighted by Gasteiger charge is 2.27. The van der Waals surface area contributed by atoms with Crippen molar-refractivity contribution in [3.05, 3.63) is 11.9 Å². The molecule has 1 saturated heterocycles. The molecule has 1 unspecified atom stereocenters. The first-order chi connectivity index (χ1) is 7.33. The third kappa shape index (κ3) is 2.19. The topological polar surface area (TPSA) is 61.9 Å². The van der Waals surface area contributed by atoms with E-state index in [1.54, 1.807) is 0 Å². The summed E-state index contributed by atoms with van der Waals surface area (Å²) in [5.41, 5.74) is 0.405. The van der Waals surface area contributed by atoms with Gasteiger partial charge in [-0.05, 0) is 19.3 Å². The normalized spacial score (nSPS) is 21.7. The summed E-state index contributed by atoms with van der Waals surface area (Å²) < 4.78 is 0. The lowest BCUT2D eigenvalue weighted by molar-refractivity contribution is 0.0635. The van der Waals surface area contributed by atoms with Gasteiger partial charge in [0.15, 0.2) is 5.69 Å². The highest BCUT2D eigenvalue weighted by atomic mass is 79.9. The van der Waals surface area contributed by atoms with Crippen molar-refractivity contribution in [1.29, 1.82) is 0 Å². The van der Waals surface area contributed by atoms with E-state index in [0.29, 0.717) is 11.7 Å². The van der Waals surface area contributed by atoms with Gasteiger partial charge in [-0.1, -0.05) is 15.9 Å². The van der Waals surface area contributed by atoms with Gasteiger partial charge in [0.1, 0.15) is 0 Å². The number of H-pyrrole nitrogens is 1. The Morgan fingerprint density at radius 3 is 3.20 bits per heavy atom. The van der Waals surface area contributed by atoms with Gasteiger partial charge in [0, 0.05) is 17.9 Å². The first-order valence-electron chi connectivity index (χ1n) is 5.05. The Morgan fingerprint density at radius 2 is 2.53 bits per heavy atom. The number of amides is 1. The highest BCUT2D eigenvalue weighted by molar-refractivity contribution is 9.09. The Balaban J connectivity index is 2.11. The fraction of sp³-hybridized carbons (Fsp3) is 0.667. The van der Waals surface area contributed by atoms with Crippen LogP contribution in [0.15, 0.2) is 6.20 Å². The smallest absolute Gasteiger partial charge is 0.276 e. The Bertz CT molecular complexity index is 327. The molecule has 5 nitrogen and oxygen atoms in total. The number of rotatable bonds is 2. The van der Waals surface area contributed by atoms with Gasteiger partial charge in [-0.2, -0.15) is 15.4 Å². The molecule has 1 aliphatic heterocycles. The molecule has 1 aliphatic rings. The van der Waals surface area contributed by atoms with Crippen LogP contribution >= 0.6 is 15.9 Å². The summed E-state index contributed by atoms with van der Waals surface area (Å²) in [6.45, 7) is 0.821. The molecular weight excluding hydrogens is 260 g/mol. The number of aromatic amines is 1. The number of likely N-dealkylation sites (tertiary alicyclic amines) is 1. The Kier molecular flexibility index (Phi) is 3.35. The number of nitrogens with one attached hydrogen (secondary N) is 1. The van der Waals surface area contributed by atoms with Crippen LogP contribution in [0.2, 0.25) is 0 Å². The lowest BCUT2D eigenvalue weighted by atomic mass is 10.0. The van der Waals surface area contributed by atoms with E-state index in [0.717, 1.165) is 24.7 Å². The van der Waals surface area contributed by atoms with Gasteiger partial charge in [0.25, 0.3) is 5.91 Å². The van der Waals surface area contributed by atoms with Crippen molar-refractivity contribution < 1.29 is 4.79 Å². The van der Waals surface area contributed by atoms with Gasteiger partial charge >= 0.3 is 0 Å². The predicted molar refractivity (Wildman–Crippen MR) is 58.9 cm³/mol. The number of aromatic nitrogens is 3. The molecule has 0 saturated carbocycles. The van der Waals surface area contributed by atoms with Crippen LogP contribution in [0.3, 0.4) is 0 Å². The third-order valence-electron chi connectivity index (χ3n) is 2.70. The summed E-state index contributed by atoms with van der Waals surface area (Å²) in [5, 5.41) is 10.8. The third-order valence-corrected chi connectivity index (χ3v) is 3.45. The molecule has 2 rings (SSSR count). The van der Waals surface area contributed by atoms with Crippen molar-refractivity contribution >= 4 is 21.8 Å². The van der Waals surface area contributed by atoms with E-state index >= 15 is 0 Å². The molecule has 0 aliphatic carbocycles. The largest absolute Gasteiger partial charge is 0.333 e. The molecule has 0 spiro atoms. The predicted octanol–water partition coefficient (Wildman–Crippen LogP) is 1.19. The van der Waals surface area contributed by atoms with Crippen LogP contribution in [0, 0.1) is 0 Å². The second-order valence-corrected chi connectivity index (χ2v) is 4.31. The van der Waals surface area contributed by atoms with Gasteiger partial charge in [-0.3, -0.25) is 4.79 Å². The summed E-state index contributed by atoms with van der Waals surface area (Å²) in [5.74, 6) is -0.0205. The van der Waals surface area contributed by atoms with Crippen molar-refractivity contribution in [3.63, 3.8) is 0 Å². The molecule has 6 heteroatoms. The molecule has 15 heavy (non-hydrogen) atoms. The SMILES string of the molecule is O=C(c1cn[nH]n1)N1CCCCC1CBr. The van der Waals surface area contributed by atoms with Crippen LogP contribution < -0.4 is 0 Å². The van der Waals surface area contributed by atoms with Crippen LogP contribution in [0.25, 0.3) is 0 Å². The molecule has 0 radical (unpaired) electrons. The summed E-state index contributed by atoms with van der Waals surface area (Å²) >= 11 is 3.45. The lowest BCUT2D eigenvalue weighted by Crippen LogP contribution is -2.44. The van der Waals surface area contributed by atoms with Crippen LogP contribution in [0.4, 0.5) is 0 Å². The van der Waals surface area contributed by atoms with Crippen molar-refractivity contribution in [3.8, 4) is 0 Å². The zero-order chi connectivity index (χ0) is 10.7. The van der Waals surface area contributed by atoms with E-state index in [4.69, 9.17) is 0 Å². The number of carbonyl (C=O) groups is 1. The van der Waals surface area contributed by atoms with Crippen molar-refractivity contribution in [2.75, 3.05) is 11.9 Å². The maximum Gasteiger partial charge on any atom is 0.276 e. The second-order valence-electron chi connectivity index (χ2n) is 3.66. The molecule has 2 heterocycles. The fourth-order valence-electron chi connectivity index (χ4n) is 1.88. The first kappa shape index (κ1) is 10.6. The zero-order valence-electron chi connectivity index (χ0n) is 8.32. The van der Waals surface area contributed by atoms with Crippen molar-refractivity contribution in [2.45, 2.75) is 25.3 Å². The quantitative estimate of drug-likeness (QED) is 0.823. The molecule has 1 aromatic rings. The Hall–Kier alpha value is -0.910. The minimum atomic E-state index is -0.0205. The average molecular weight is 273 g/mol. The van der Waals surface area contributed by atoms with Gasteiger partial charge in [0.05, 0.1) is 6.20 Å². The van der Waals surface area contributed by atoms with Crippen LogP contribution in [-0.4, -0.2) is 44.1 Å². The molecule has 0 bridgehead atoms. The number of piperidine rings is 1. The molecule has 1 N–H and O–H groups in total. The van der Waals surface area contributed by atoms with Gasteiger partial charge in [0.2, 0.25) is 0 Å². The minimum Gasteiger partial charge on any atom is -0.333 e. The molecular formula is C9H13BrN4O. The van der Waals surface area contributed by atoms with E-state index < -0.39 is 0 Å². The number of hydrogen-bond donors (Lipinski definition) is 1. The Labute approximate surface area is 96.4 Å². The van der Waals surface area contributed by atoms with E-state index in [9.17, 15) is 4.79 Å². The fourth-order valence-corrected chi connectivity index (χ4v) is 2.55. The van der Waals surface area contributed by atoms with Crippen LogP contribution in [0.1, 0.15) is 29.8 Å². The summed E-state index contributed by atoms with van der Waals surface area (Å²) in [4.78, 5) is 13.9. The standard InChI is InChI=1S/C9H13BrN4O/c10-5-7-3-1-2-4-14(7)9(15)8-6-11-13-12-8/h6-7H,1-5H2,(H,11,12,13). The molecule has 1 atom stereocenters. The van der Waals surface area contributed by atoms with Crippen molar-refractivity contribution in [1.82, 2.24) is 20.3 Å². The van der Waals surface area contributed by atoms with E-state index in [1.165, 1.54) is 12.6 Å². The number of carbonyl (C=O) groups excluding carboxylic acids is 1. The monoisotopic (exact) mass is 272 g/mol. The second kappa shape index (κ2) is 4.74. The highest BCUT2D eigenvalue weighted by Crippen LogP contribution is 2.20. The van der Waals surface area contributed by atoms with Gasteiger partial charge in [-0.15, -0.1) is 0 Å². The van der Waals surface area contributed by atoms with E-state index in [2.05, 4.69) is 31.3 Å². The molecule has 82 valence electrons. The maximum absolute atomic E-state index is 12.0. The van der Waals surface area contributed by atoms with Crippen LogP contribution in [-0.2, 0) is 0 Å². The molecule has 1 aromatic heterocycles. The number of hydrogen-bond acceptors (Lipinski definition) is 3.